The molecule has 106 valence electrons. The van der Waals surface area contributed by atoms with Crippen molar-refractivity contribution in [1.29, 1.82) is 0 Å². The fraction of sp³-hybridized carbons (Fsp3) is 0.333. The highest BCUT2D eigenvalue weighted by molar-refractivity contribution is 6.04. The van der Waals surface area contributed by atoms with Crippen molar-refractivity contribution < 1.29 is 19.2 Å². The van der Waals surface area contributed by atoms with Gasteiger partial charge in [-0.25, -0.2) is 4.79 Å². The summed E-state index contributed by atoms with van der Waals surface area (Å²) in [5, 5.41) is 12.7. The first kappa shape index (κ1) is 13.9. The molecule has 0 bridgehead atoms. The van der Waals surface area contributed by atoms with E-state index >= 15 is 0 Å². The zero-order chi connectivity index (χ0) is 14.5. The Morgan fingerprint density at radius 3 is 2.35 bits per heavy atom. The second kappa shape index (κ2) is 6.11. The number of carbonyl (C=O) groups excluding carboxylic acids is 2. The highest BCUT2D eigenvalue weighted by atomic mass is 16.6. The van der Waals surface area contributed by atoms with Crippen LogP contribution in [0, 0.1) is 10.1 Å². The van der Waals surface area contributed by atoms with Crippen molar-refractivity contribution in [2.45, 2.75) is 0 Å². The molecular weight excluding hydrogens is 266 g/mol. The molecule has 0 unspecified atom stereocenters. The van der Waals surface area contributed by atoms with Crippen LogP contribution in [0.3, 0.4) is 0 Å². The molecule has 1 aromatic rings. The molecule has 0 atom stereocenters. The summed E-state index contributed by atoms with van der Waals surface area (Å²) in [7, 11) is 0. The van der Waals surface area contributed by atoms with E-state index in [1.165, 1.54) is 29.2 Å². The fourth-order valence-electron chi connectivity index (χ4n) is 1.75. The molecule has 1 aliphatic rings. The second-order valence-corrected chi connectivity index (χ2v) is 4.16. The van der Waals surface area contributed by atoms with Gasteiger partial charge in [-0.1, -0.05) is 0 Å². The van der Waals surface area contributed by atoms with Crippen LogP contribution in [0.25, 0.3) is 0 Å². The van der Waals surface area contributed by atoms with Crippen molar-refractivity contribution in [3.8, 4) is 0 Å². The van der Waals surface area contributed by atoms with Gasteiger partial charge < -0.3 is 9.64 Å². The van der Waals surface area contributed by atoms with Gasteiger partial charge in [0.05, 0.1) is 18.1 Å². The maximum atomic E-state index is 11.8. The summed E-state index contributed by atoms with van der Waals surface area (Å²) in [6.45, 7) is 1.75. The van der Waals surface area contributed by atoms with Gasteiger partial charge in [-0.3, -0.25) is 20.2 Å². The Bertz CT molecular complexity index is 522. The molecule has 3 amide bonds. The number of rotatable bonds is 2. The van der Waals surface area contributed by atoms with E-state index in [1.54, 1.807) is 0 Å². The van der Waals surface area contributed by atoms with Gasteiger partial charge in [0.1, 0.15) is 0 Å². The average Bonchev–Trinajstić information content (AvgIpc) is 2.48. The maximum absolute atomic E-state index is 11.8. The third-order valence-electron chi connectivity index (χ3n) is 2.86. The fourth-order valence-corrected chi connectivity index (χ4v) is 1.75. The molecule has 0 saturated carbocycles. The molecule has 1 N–H and O–H groups in total. The summed E-state index contributed by atoms with van der Waals surface area (Å²) in [4.78, 5) is 35.0. The van der Waals surface area contributed by atoms with Crippen LogP contribution >= 0.6 is 0 Å². The molecule has 0 aromatic heterocycles. The van der Waals surface area contributed by atoms with Crippen LogP contribution in [-0.2, 0) is 4.74 Å². The number of non-ortho nitro benzene ring substituents is 1. The number of ether oxygens (including phenoxy) is 1. The van der Waals surface area contributed by atoms with Crippen molar-refractivity contribution in [3.63, 3.8) is 0 Å². The van der Waals surface area contributed by atoms with Crippen LogP contribution in [0.15, 0.2) is 24.3 Å². The lowest BCUT2D eigenvalue weighted by Crippen LogP contribution is -2.47. The van der Waals surface area contributed by atoms with Gasteiger partial charge in [0.2, 0.25) is 0 Å². The molecule has 1 saturated heterocycles. The van der Waals surface area contributed by atoms with E-state index in [1.807, 2.05) is 0 Å². The third-order valence-corrected chi connectivity index (χ3v) is 2.86. The van der Waals surface area contributed by atoms with E-state index in [-0.39, 0.29) is 11.3 Å². The Labute approximate surface area is 114 Å². The number of morpholine rings is 1. The Balaban J connectivity index is 1.96. The van der Waals surface area contributed by atoms with E-state index < -0.39 is 16.9 Å². The molecular formula is C12H13N3O5. The van der Waals surface area contributed by atoms with E-state index in [0.29, 0.717) is 26.3 Å². The number of carbonyl (C=O) groups is 2. The van der Waals surface area contributed by atoms with Crippen LogP contribution in [0.5, 0.6) is 0 Å². The van der Waals surface area contributed by atoms with Crippen molar-refractivity contribution >= 4 is 17.6 Å². The molecule has 1 fully saturated rings. The van der Waals surface area contributed by atoms with Gasteiger partial charge in [-0.2, -0.15) is 0 Å². The molecule has 20 heavy (non-hydrogen) atoms. The van der Waals surface area contributed by atoms with Gasteiger partial charge in [-0.05, 0) is 12.1 Å². The minimum Gasteiger partial charge on any atom is -0.378 e. The molecule has 8 nitrogen and oxygen atoms in total. The monoisotopic (exact) mass is 279 g/mol. The normalized spacial score (nSPS) is 14.7. The van der Waals surface area contributed by atoms with Crippen LogP contribution in [-0.4, -0.2) is 48.1 Å². The van der Waals surface area contributed by atoms with Crippen molar-refractivity contribution in [2.75, 3.05) is 26.3 Å². The minimum atomic E-state index is -0.587. The van der Waals surface area contributed by atoms with Crippen LogP contribution in [0.2, 0.25) is 0 Å². The zero-order valence-corrected chi connectivity index (χ0v) is 10.6. The average molecular weight is 279 g/mol. The highest BCUT2D eigenvalue weighted by Crippen LogP contribution is 2.11. The molecule has 0 radical (unpaired) electrons. The molecule has 8 heteroatoms. The summed E-state index contributed by atoms with van der Waals surface area (Å²) >= 11 is 0. The quantitative estimate of drug-likeness (QED) is 0.636. The van der Waals surface area contributed by atoms with E-state index in [2.05, 4.69) is 5.32 Å². The number of hydrogen-bond acceptors (Lipinski definition) is 5. The Kier molecular flexibility index (Phi) is 4.26. The third kappa shape index (κ3) is 3.29. The van der Waals surface area contributed by atoms with Crippen LogP contribution < -0.4 is 5.32 Å². The first-order valence-corrected chi connectivity index (χ1v) is 6.00. The largest absolute Gasteiger partial charge is 0.378 e. The van der Waals surface area contributed by atoms with Gasteiger partial charge >= 0.3 is 6.03 Å². The SMILES string of the molecule is O=C(NC(=O)N1CCOCC1)c1ccc([N+](=O)[O-])cc1. The number of nitrogens with zero attached hydrogens (tertiary/aromatic N) is 2. The van der Waals surface area contributed by atoms with Gasteiger partial charge in [-0.15, -0.1) is 0 Å². The molecule has 1 heterocycles. The first-order valence-electron chi connectivity index (χ1n) is 6.00. The van der Waals surface area contributed by atoms with Gasteiger partial charge in [0.15, 0.2) is 0 Å². The lowest BCUT2D eigenvalue weighted by Gasteiger charge is -2.26. The number of benzene rings is 1. The van der Waals surface area contributed by atoms with E-state index in [9.17, 15) is 19.7 Å². The molecule has 0 spiro atoms. The highest BCUT2D eigenvalue weighted by Gasteiger charge is 2.19. The molecule has 0 aliphatic carbocycles. The zero-order valence-electron chi connectivity index (χ0n) is 10.6. The van der Waals surface area contributed by atoms with E-state index in [4.69, 9.17) is 4.74 Å². The van der Waals surface area contributed by atoms with Crippen molar-refractivity contribution in [3.05, 3.63) is 39.9 Å². The number of nitro groups is 1. The molecule has 1 aliphatic heterocycles. The smallest absolute Gasteiger partial charge is 0.324 e. The lowest BCUT2D eigenvalue weighted by atomic mass is 10.2. The number of nitrogens with one attached hydrogen (secondary N) is 1. The van der Waals surface area contributed by atoms with Crippen LogP contribution in [0.1, 0.15) is 10.4 Å². The minimum absolute atomic E-state index is 0.110. The number of imide groups is 1. The Morgan fingerprint density at radius 2 is 1.80 bits per heavy atom. The predicted octanol–water partition coefficient (Wildman–Crippen LogP) is 0.777. The second-order valence-electron chi connectivity index (χ2n) is 4.16. The summed E-state index contributed by atoms with van der Waals surface area (Å²) in [5.41, 5.74) is 0.0817. The van der Waals surface area contributed by atoms with Crippen LogP contribution in [0.4, 0.5) is 10.5 Å². The number of hydrogen-bond donors (Lipinski definition) is 1. The Hall–Kier alpha value is -2.48. The standard InChI is InChI=1S/C12H13N3O5/c16-11(9-1-3-10(4-2-9)15(18)19)13-12(17)14-5-7-20-8-6-14/h1-4H,5-8H2,(H,13,16,17). The molecule has 2 rings (SSSR count). The molecule has 1 aromatic carbocycles. The van der Waals surface area contributed by atoms with Gasteiger partial charge in [0.25, 0.3) is 11.6 Å². The summed E-state index contributed by atoms with van der Waals surface area (Å²) in [6, 6.07) is 4.55. The summed E-state index contributed by atoms with van der Waals surface area (Å²) in [6.07, 6.45) is 0. The number of urea groups is 1. The predicted molar refractivity (Wildman–Crippen MR) is 68.4 cm³/mol. The van der Waals surface area contributed by atoms with Crippen molar-refractivity contribution in [2.24, 2.45) is 0 Å². The van der Waals surface area contributed by atoms with E-state index in [0.717, 1.165) is 0 Å². The van der Waals surface area contributed by atoms with Crippen molar-refractivity contribution in [1.82, 2.24) is 10.2 Å². The summed E-state index contributed by atoms with van der Waals surface area (Å²) < 4.78 is 5.10. The first-order chi connectivity index (χ1) is 9.58. The Morgan fingerprint density at radius 1 is 1.20 bits per heavy atom. The number of amides is 3. The topological polar surface area (TPSA) is 102 Å². The summed E-state index contributed by atoms with van der Waals surface area (Å²) in [5.74, 6) is -0.587. The lowest BCUT2D eigenvalue weighted by molar-refractivity contribution is -0.384. The number of nitro benzene ring substituents is 1. The van der Waals surface area contributed by atoms with Gasteiger partial charge in [0, 0.05) is 30.8 Å². The maximum Gasteiger partial charge on any atom is 0.324 e.